The van der Waals surface area contributed by atoms with Crippen LogP contribution in [-0.4, -0.2) is 23.7 Å². The van der Waals surface area contributed by atoms with E-state index in [1.165, 1.54) is 6.08 Å². The summed E-state index contributed by atoms with van der Waals surface area (Å²) < 4.78 is 5.58. The fourth-order valence-corrected chi connectivity index (χ4v) is 3.37. The molecule has 2 aromatic rings. The Morgan fingerprint density at radius 1 is 1.21 bits per heavy atom. The van der Waals surface area contributed by atoms with E-state index in [4.69, 9.17) is 27.9 Å². The normalized spacial score (nSPS) is 14.9. The number of ether oxygens (including phenoxy) is 1. The summed E-state index contributed by atoms with van der Waals surface area (Å²) in [5.74, 6) is -0.520. The maximum atomic E-state index is 12.2. The Hall–Kier alpha value is -2.48. The van der Waals surface area contributed by atoms with Crippen LogP contribution in [0.25, 0.3) is 6.08 Å². The number of aryl methyl sites for hydroxylation is 1. The van der Waals surface area contributed by atoms with E-state index in [-0.39, 0.29) is 17.4 Å². The van der Waals surface area contributed by atoms with Crippen molar-refractivity contribution in [3.63, 3.8) is 0 Å². The lowest BCUT2D eigenvalue weighted by Gasteiger charge is -2.11. The lowest BCUT2D eigenvalue weighted by Crippen LogP contribution is -2.20. The molecule has 28 heavy (non-hydrogen) atoms. The number of halogens is 2. The molecule has 0 aliphatic carbocycles. The highest BCUT2D eigenvalue weighted by atomic mass is 35.5. The van der Waals surface area contributed by atoms with Gasteiger partial charge in [-0.1, -0.05) is 29.3 Å². The summed E-state index contributed by atoms with van der Waals surface area (Å²) in [6, 6.07) is 9.96. The first-order valence-electron chi connectivity index (χ1n) is 8.05. The molecule has 1 aliphatic rings. The zero-order valence-corrected chi connectivity index (χ0v) is 16.9. The summed E-state index contributed by atoms with van der Waals surface area (Å²) in [6.45, 7) is 1.60. The summed E-state index contributed by atoms with van der Waals surface area (Å²) in [5, 5.41) is 5.39. The third-order valence-electron chi connectivity index (χ3n) is 3.71. The average Bonchev–Trinajstić information content (AvgIpc) is 2.94. The van der Waals surface area contributed by atoms with E-state index < -0.39 is 11.1 Å². The number of carbonyl (C=O) groups excluding carboxylic acids is 3. The van der Waals surface area contributed by atoms with E-state index in [9.17, 15) is 14.4 Å². The SMILES string of the molecule is Cc1ccc(NC(=O)COc2ccc(Cl)cc2/C=C2\SC(=O)NC2=O)cc1Cl. The second kappa shape index (κ2) is 8.68. The van der Waals surface area contributed by atoms with Crippen molar-refractivity contribution in [3.05, 3.63) is 62.5 Å². The van der Waals surface area contributed by atoms with E-state index in [1.54, 1.807) is 36.4 Å². The van der Waals surface area contributed by atoms with E-state index in [2.05, 4.69) is 10.6 Å². The second-order valence-corrected chi connectivity index (χ2v) is 7.69. The van der Waals surface area contributed by atoms with Gasteiger partial charge in [0.25, 0.3) is 17.1 Å². The monoisotopic (exact) mass is 436 g/mol. The van der Waals surface area contributed by atoms with Crippen molar-refractivity contribution < 1.29 is 19.1 Å². The van der Waals surface area contributed by atoms with Crippen molar-refractivity contribution in [2.45, 2.75) is 6.92 Å². The van der Waals surface area contributed by atoms with Crippen LogP contribution in [0.4, 0.5) is 10.5 Å². The minimum Gasteiger partial charge on any atom is -0.483 e. The summed E-state index contributed by atoms with van der Waals surface area (Å²) in [7, 11) is 0. The molecular weight excluding hydrogens is 423 g/mol. The number of hydrogen-bond donors (Lipinski definition) is 2. The molecule has 1 fully saturated rings. The van der Waals surface area contributed by atoms with Gasteiger partial charge in [0, 0.05) is 21.3 Å². The van der Waals surface area contributed by atoms with Gasteiger partial charge in [-0.3, -0.25) is 19.7 Å². The molecule has 1 saturated heterocycles. The highest BCUT2D eigenvalue weighted by Crippen LogP contribution is 2.31. The van der Waals surface area contributed by atoms with Crippen molar-refractivity contribution >= 4 is 63.8 Å². The quantitative estimate of drug-likeness (QED) is 0.666. The first-order valence-corrected chi connectivity index (χ1v) is 9.62. The second-order valence-electron chi connectivity index (χ2n) is 5.84. The van der Waals surface area contributed by atoms with Crippen LogP contribution in [0, 0.1) is 6.92 Å². The molecule has 0 saturated carbocycles. The molecule has 9 heteroatoms. The third kappa shape index (κ3) is 5.07. The largest absolute Gasteiger partial charge is 0.483 e. The number of hydrogen-bond acceptors (Lipinski definition) is 5. The van der Waals surface area contributed by atoms with Gasteiger partial charge in [0.2, 0.25) is 0 Å². The van der Waals surface area contributed by atoms with Gasteiger partial charge in [-0.2, -0.15) is 0 Å². The maximum Gasteiger partial charge on any atom is 0.290 e. The van der Waals surface area contributed by atoms with Crippen LogP contribution >= 0.6 is 35.0 Å². The third-order valence-corrected chi connectivity index (χ3v) is 5.17. The Kier molecular flexibility index (Phi) is 6.28. The van der Waals surface area contributed by atoms with Crippen molar-refractivity contribution in [1.29, 1.82) is 0 Å². The van der Waals surface area contributed by atoms with Crippen LogP contribution in [0.3, 0.4) is 0 Å². The van der Waals surface area contributed by atoms with Crippen LogP contribution < -0.4 is 15.4 Å². The minimum absolute atomic E-state index is 0.218. The molecule has 3 rings (SSSR count). The number of thioether (sulfide) groups is 1. The van der Waals surface area contributed by atoms with Crippen LogP contribution in [0.1, 0.15) is 11.1 Å². The van der Waals surface area contributed by atoms with Crippen LogP contribution in [0.15, 0.2) is 41.3 Å². The fourth-order valence-electron chi connectivity index (χ4n) is 2.34. The van der Waals surface area contributed by atoms with Gasteiger partial charge in [-0.25, -0.2) is 0 Å². The van der Waals surface area contributed by atoms with Crippen LogP contribution in [0.2, 0.25) is 10.0 Å². The summed E-state index contributed by atoms with van der Waals surface area (Å²) in [6.07, 6.45) is 1.49. The number of anilines is 1. The molecule has 0 unspecified atom stereocenters. The van der Waals surface area contributed by atoms with E-state index in [1.807, 2.05) is 6.92 Å². The Morgan fingerprint density at radius 2 is 2.00 bits per heavy atom. The zero-order chi connectivity index (χ0) is 20.3. The number of rotatable bonds is 5. The van der Waals surface area contributed by atoms with Crippen molar-refractivity contribution in [2.24, 2.45) is 0 Å². The van der Waals surface area contributed by atoms with Crippen LogP contribution in [-0.2, 0) is 9.59 Å². The zero-order valence-electron chi connectivity index (χ0n) is 14.5. The van der Waals surface area contributed by atoms with Gasteiger partial charge in [0.1, 0.15) is 5.75 Å². The smallest absolute Gasteiger partial charge is 0.290 e. The van der Waals surface area contributed by atoms with E-state index in [0.717, 1.165) is 17.3 Å². The average molecular weight is 437 g/mol. The van der Waals surface area contributed by atoms with Gasteiger partial charge in [0.15, 0.2) is 6.61 Å². The number of nitrogens with one attached hydrogen (secondary N) is 2. The Bertz CT molecular complexity index is 1010. The molecule has 6 nitrogen and oxygen atoms in total. The molecule has 0 atom stereocenters. The van der Waals surface area contributed by atoms with Crippen molar-refractivity contribution in [1.82, 2.24) is 5.32 Å². The summed E-state index contributed by atoms with van der Waals surface area (Å²) in [5.41, 5.74) is 1.94. The lowest BCUT2D eigenvalue weighted by molar-refractivity contribution is -0.118. The minimum atomic E-state index is -0.491. The molecule has 1 aliphatic heterocycles. The molecule has 0 bridgehead atoms. The predicted octanol–water partition coefficient (Wildman–Crippen LogP) is 4.64. The standard InChI is InChI=1S/C19H14Cl2N2O4S/c1-10-2-4-13(8-14(10)21)22-17(24)9-27-15-5-3-12(20)6-11(15)7-16-18(25)23-19(26)28-16/h2-8H,9H2,1H3,(H,22,24)(H,23,25,26)/b16-7-. The van der Waals surface area contributed by atoms with Gasteiger partial charge in [-0.05, 0) is 60.7 Å². The lowest BCUT2D eigenvalue weighted by atomic mass is 10.2. The predicted molar refractivity (Wildman–Crippen MR) is 111 cm³/mol. The van der Waals surface area contributed by atoms with Gasteiger partial charge in [0.05, 0.1) is 4.91 Å². The summed E-state index contributed by atoms with van der Waals surface area (Å²) >= 11 is 12.8. The van der Waals surface area contributed by atoms with Crippen molar-refractivity contribution in [3.8, 4) is 5.75 Å². The highest BCUT2D eigenvalue weighted by Gasteiger charge is 2.25. The topological polar surface area (TPSA) is 84.5 Å². The number of carbonyl (C=O) groups is 3. The Balaban J connectivity index is 1.71. The van der Waals surface area contributed by atoms with Gasteiger partial charge in [-0.15, -0.1) is 0 Å². The molecule has 2 N–H and O–H groups in total. The number of amides is 3. The first kappa shape index (κ1) is 20.3. The molecule has 144 valence electrons. The number of imide groups is 1. The van der Waals surface area contributed by atoms with E-state index >= 15 is 0 Å². The van der Waals surface area contributed by atoms with Gasteiger partial charge >= 0.3 is 0 Å². The fraction of sp³-hybridized carbons (Fsp3) is 0.105. The molecule has 0 aromatic heterocycles. The number of benzene rings is 2. The maximum absolute atomic E-state index is 12.2. The first-order chi connectivity index (χ1) is 13.3. The molecule has 0 radical (unpaired) electrons. The van der Waals surface area contributed by atoms with Crippen molar-refractivity contribution in [2.75, 3.05) is 11.9 Å². The summed E-state index contributed by atoms with van der Waals surface area (Å²) in [4.78, 5) is 35.4. The molecular formula is C19H14Cl2N2O4S. The molecule has 3 amide bonds. The van der Waals surface area contributed by atoms with Crippen LogP contribution in [0.5, 0.6) is 5.75 Å². The Labute approximate surface area is 175 Å². The molecule has 1 heterocycles. The molecule has 0 spiro atoms. The molecule has 2 aromatic carbocycles. The van der Waals surface area contributed by atoms with E-state index in [0.29, 0.717) is 27.0 Å². The Morgan fingerprint density at radius 3 is 2.68 bits per heavy atom. The highest BCUT2D eigenvalue weighted by molar-refractivity contribution is 8.18. The van der Waals surface area contributed by atoms with Gasteiger partial charge < -0.3 is 10.1 Å².